The topological polar surface area (TPSA) is 87.2 Å². The van der Waals surface area contributed by atoms with Crippen molar-refractivity contribution in [3.8, 4) is 5.75 Å². The summed E-state index contributed by atoms with van der Waals surface area (Å²) >= 11 is 0. The number of amides is 2. The summed E-state index contributed by atoms with van der Waals surface area (Å²) in [6, 6.07) is 6.38. The van der Waals surface area contributed by atoms with E-state index >= 15 is 0 Å². The van der Waals surface area contributed by atoms with Crippen LogP contribution in [0.5, 0.6) is 5.75 Å². The third kappa shape index (κ3) is 4.57. The summed E-state index contributed by atoms with van der Waals surface area (Å²) in [6.07, 6.45) is 4.18. The second-order valence-corrected chi connectivity index (χ2v) is 10.6. The van der Waals surface area contributed by atoms with Crippen molar-refractivity contribution in [3.63, 3.8) is 0 Å². The van der Waals surface area contributed by atoms with Gasteiger partial charge in [0, 0.05) is 51.1 Å². The maximum absolute atomic E-state index is 13.0. The first-order valence-corrected chi connectivity index (χ1v) is 12.6. The molecule has 1 aromatic rings. The van der Waals surface area contributed by atoms with Gasteiger partial charge in [0.2, 0.25) is 21.8 Å². The van der Waals surface area contributed by atoms with Crippen LogP contribution >= 0.6 is 0 Å². The maximum atomic E-state index is 13.0. The highest BCUT2D eigenvalue weighted by atomic mass is 32.2. The lowest BCUT2D eigenvalue weighted by Crippen LogP contribution is -2.54. The van der Waals surface area contributed by atoms with Crippen molar-refractivity contribution in [3.05, 3.63) is 24.3 Å². The van der Waals surface area contributed by atoms with Gasteiger partial charge in [-0.05, 0) is 49.9 Å². The van der Waals surface area contributed by atoms with Crippen molar-refractivity contribution in [2.75, 3.05) is 46.4 Å². The van der Waals surface area contributed by atoms with Gasteiger partial charge in [0.05, 0.1) is 12.0 Å². The van der Waals surface area contributed by atoms with E-state index in [2.05, 4.69) is 0 Å². The highest BCUT2D eigenvalue weighted by molar-refractivity contribution is 7.89. The van der Waals surface area contributed by atoms with Gasteiger partial charge in [0.15, 0.2) is 0 Å². The minimum atomic E-state index is -3.57. The molecule has 4 rings (SSSR count). The first kappa shape index (κ1) is 22.1. The van der Waals surface area contributed by atoms with Crippen molar-refractivity contribution < 1.29 is 22.7 Å². The molecule has 0 atom stereocenters. The summed E-state index contributed by atoms with van der Waals surface area (Å²) in [4.78, 5) is 29.4. The number of hydrogen-bond acceptors (Lipinski definition) is 5. The lowest BCUT2D eigenvalue weighted by atomic mass is 9.84. The van der Waals surface area contributed by atoms with Crippen LogP contribution in [0.1, 0.15) is 32.1 Å². The summed E-state index contributed by atoms with van der Waals surface area (Å²) in [5.74, 6) is 0.987. The van der Waals surface area contributed by atoms with Gasteiger partial charge in [0.1, 0.15) is 5.75 Å². The van der Waals surface area contributed by atoms with Gasteiger partial charge in [-0.1, -0.05) is 6.42 Å². The smallest absolute Gasteiger partial charge is 0.243 e. The Morgan fingerprint density at radius 2 is 1.29 bits per heavy atom. The molecule has 3 aliphatic rings. The van der Waals surface area contributed by atoms with E-state index in [9.17, 15) is 18.0 Å². The Hall–Kier alpha value is -2.13. The summed E-state index contributed by atoms with van der Waals surface area (Å²) in [5.41, 5.74) is 0. The highest BCUT2D eigenvalue weighted by Crippen LogP contribution is 2.29. The zero-order valence-corrected chi connectivity index (χ0v) is 18.8. The Balaban J connectivity index is 1.28. The zero-order chi connectivity index (χ0) is 22.0. The predicted octanol–water partition coefficient (Wildman–Crippen LogP) is 1.57. The van der Waals surface area contributed by atoms with Crippen LogP contribution in [0.15, 0.2) is 29.2 Å². The van der Waals surface area contributed by atoms with E-state index in [4.69, 9.17) is 4.74 Å². The molecule has 0 bridgehead atoms. The molecule has 0 spiro atoms. The third-order valence-electron chi connectivity index (χ3n) is 6.86. The molecular weight excluding hydrogens is 418 g/mol. The average Bonchev–Trinajstić information content (AvgIpc) is 2.77. The van der Waals surface area contributed by atoms with E-state index in [1.807, 2.05) is 9.80 Å². The molecule has 1 aromatic carbocycles. The Morgan fingerprint density at radius 1 is 0.806 bits per heavy atom. The van der Waals surface area contributed by atoms with Gasteiger partial charge >= 0.3 is 0 Å². The number of piperidine rings is 1. The van der Waals surface area contributed by atoms with Crippen LogP contribution in [0.4, 0.5) is 0 Å². The molecule has 2 amide bonds. The van der Waals surface area contributed by atoms with E-state index in [-0.39, 0.29) is 28.5 Å². The minimum Gasteiger partial charge on any atom is -0.497 e. The van der Waals surface area contributed by atoms with Crippen molar-refractivity contribution in [1.29, 1.82) is 0 Å². The van der Waals surface area contributed by atoms with Crippen molar-refractivity contribution in [2.24, 2.45) is 11.8 Å². The van der Waals surface area contributed by atoms with Crippen LogP contribution in [0.25, 0.3) is 0 Å². The van der Waals surface area contributed by atoms with E-state index in [1.165, 1.54) is 11.4 Å². The summed E-state index contributed by atoms with van der Waals surface area (Å²) in [5, 5.41) is 0. The fraction of sp³-hybridized carbons (Fsp3) is 0.636. The minimum absolute atomic E-state index is 0.0947. The highest BCUT2D eigenvalue weighted by Gasteiger charge is 2.36. The number of carbonyl (C=O) groups excluding carboxylic acids is 2. The van der Waals surface area contributed by atoms with Gasteiger partial charge in [-0.15, -0.1) is 0 Å². The molecule has 2 aliphatic heterocycles. The molecule has 170 valence electrons. The number of nitrogens with zero attached hydrogens (tertiary/aromatic N) is 3. The van der Waals surface area contributed by atoms with Crippen LogP contribution in [0.3, 0.4) is 0 Å². The summed E-state index contributed by atoms with van der Waals surface area (Å²) in [6.45, 7) is 3.02. The molecule has 31 heavy (non-hydrogen) atoms. The first-order chi connectivity index (χ1) is 14.9. The number of carbonyl (C=O) groups is 2. The van der Waals surface area contributed by atoms with Crippen molar-refractivity contribution in [1.82, 2.24) is 14.1 Å². The van der Waals surface area contributed by atoms with E-state index in [0.29, 0.717) is 57.9 Å². The van der Waals surface area contributed by atoms with Gasteiger partial charge < -0.3 is 14.5 Å². The Kier molecular flexibility index (Phi) is 6.52. The molecule has 2 heterocycles. The first-order valence-electron chi connectivity index (χ1n) is 11.1. The second kappa shape index (κ2) is 9.16. The number of rotatable bonds is 5. The molecule has 1 aliphatic carbocycles. The predicted molar refractivity (Wildman–Crippen MR) is 115 cm³/mol. The van der Waals surface area contributed by atoms with Crippen LogP contribution in [-0.4, -0.2) is 80.7 Å². The van der Waals surface area contributed by atoms with Crippen LogP contribution in [0, 0.1) is 11.8 Å². The van der Waals surface area contributed by atoms with Gasteiger partial charge in [-0.2, -0.15) is 4.31 Å². The largest absolute Gasteiger partial charge is 0.497 e. The molecule has 0 aromatic heterocycles. The fourth-order valence-corrected chi connectivity index (χ4v) is 6.03. The standard InChI is InChI=1S/C22H31N3O5S/c1-30-19-5-7-20(8-6-19)31(28,29)25-11-9-18(10-12-25)22(27)24-15-13-23(14-16-24)21(26)17-3-2-4-17/h5-8,17-18H,2-4,9-16H2,1H3. The monoisotopic (exact) mass is 449 g/mol. The fourth-order valence-electron chi connectivity index (χ4n) is 4.56. The Labute approximate surface area is 184 Å². The number of methoxy groups -OCH3 is 1. The molecule has 0 radical (unpaired) electrons. The van der Waals surface area contributed by atoms with Gasteiger partial charge in [0.25, 0.3) is 0 Å². The van der Waals surface area contributed by atoms with Crippen molar-refractivity contribution >= 4 is 21.8 Å². The van der Waals surface area contributed by atoms with Crippen molar-refractivity contribution in [2.45, 2.75) is 37.0 Å². The average molecular weight is 450 g/mol. The molecule has 1 saturated carbocycles. The Bertz CT molecular complexity index is 898. The van der Waals surface area contributed by atoms with Gasteiger partial charge in [-0.25, -0.2) is 8.42 Å². The van der Waals surface area contributed by atoms with E-state index in [1.54, 1.807) is 24.3 Å². The molecule has 3 fully saturated rings. The number of piperazine rings is 1. The number of sulfonamides is 1. The summed E-state index contributed by atoms with van der Waals surface area (Å²) in [7, 11) is -2.04. The lowest BCUT2D eigenvalue weighted by Gasteiger charge is -2.40. The maximum Gasteiger partial charge on any atom is 0.243 e. The number of benzene rings is 1. The molecule has 0 unspecified atom stereocenters. The Morgan fingerprint density at radius 3 is 1.71 bits per heavy atom. The second-order valence-electron chi connectivity index (χ2n) is 8.63. The van der Waals surface area contributed by atoms with Crippen LogP contribution < -0.4 is 4.74 Å². The van der Waals surface area contributed by atoms with E-state index < -0.39 is 10.0 Å². The van der Waals surface area contributed by atoms with Crippen LogP contribution in [0.2, 0.25) is 0 Å². The number of ether oxygens (including phenoxy) is 1. The molecule has 0 N–H and O–H groups in total. The zero-order valence-electron chi connectivity index (χ0n) is 18.0. The molecular formula is C22H31N3O5S. The summed E-state index contributed by atoms with van der Waals surface area (Å²) < 4.78 is 32.4. The third-order valence-corrected chi connectivity index (χ3v) is 8.77. The molecule has 2 saturated heterocycles. The molecule has 9 heteroatoms. The van der Waals surface area contributed by atoms with E-state index in [0.717, 1.165) is 19.3 Å². The van der Waals surface area contributed by atoms with Crippen LogP contribution in [-0.2, 0) is 19.6 Å². The number of hydrogen-bond donors (Lipinski definition) is 0. The lowest BCUT2D eigenvalue weighted by molar-refractivity contribution is -0.146. The SMILES string of the molecule is COc1ccc(S(=O)(=O)N2CCC(C(=O)N3CCN(C(=O)C4CCC4)CC3)CC2)cc1. The quantitative estimate of drug-likeness (QED) is 0.681. The normalized spacial score (nSPS) is 21.6. The molecule has 8 nitrogen and oxygen atoms in total. The van der Waals surface area contributed by atoms with Gasteiger partial charge in [-0.3, -0.25) is 9.59 Å².